The van der Waals surface area contributed by atoms with Crippen molar-refractivity contribution in [2.24, 2.45) is 0 Å². The second-order valence-corrected chi connectivity index (χ2v) is 5.65. The van der Waals surface area contributed by atoms with Gasteiger partial charge in [0.05, 0.1) is 18.9 Å². The summed E-state index contributed by atoms with van der Waals surface area (Å²) in [7, 11) is 1.70. The monoisotopic (exact) mass is 344 g/mol. The molecular formula is C19H24N2O2S. The Kier molecular flexibility index (Phi) is 7.52. The first-order valence-electron chi connectivity index (χ1n) is 8.05. The molecule has 2 aromatic rings. The smallest absolute Gasteiger partial charge is 0.173 e. The van der Waals surface area contributed by atoms with Crippen molar-refractivity contribution in [1.82, 2.24) is 4.90 Å². The maximum Gasteiger partial charge on any atom is 0.173 e. The molecule has 2 rings (SSSR count). The molecule has 128 valence electrons. The molecule has 0 amide bonds. The minimum absolute atomic E-state index is 0.613. The van der Waals surface area contributed by atoms with Crippen molar-refractivity contribution in [3.8, 4) is 5.75 Å². The number of nitrogens with zero attached hydrogens (tertiary/aromatic N) is 1. The number of methoxy groups -OCH3 is 1. The van der Waals surface area contributed by atoms with Gasteiger partial charge in [-0.25, -0.2) is 0 Å². The van der Waals surface area contributed by atoms with Gasteiger partial charge in [-0.2, -0.15) is 0 Å². The van der Waals surface area contributed by atoms with Gasteiger partial charge in [0.1, 0.15) is 5.75 Å². The zero-order valence-corrected chi connectivity index (χ0v) is 15.0. The molecular weight excluding hydrogens is 320 g/mol. The summed E-state index contributed by atoms with van der Waals surface area (Å²) in [6, 6.07) is 18.1. The predicted octanol–water partition coefficient (Wildman–Crippen LogP) is 3.93. The Morgan fingerprint density at radius 2 is 1.79 bits per heavy atom. The fraction of sp³-hybridized carbons (Fsp3) is 0.316. The summed E-state index contributed by atoms with van der Waals surface area (Å²) >= 11 is 5.62. The highest BCUT2D eigenvalue weighted by atomic mass is 32.1. The van der Waals surface area contributed by atoms with Crippen LogP contribution in [0.15, 0.2) is 54.6 Å². The quantitative estimate of drug-likeness (QED) is 0.734. The number of rotatable bonds is 8. The lowest BCUT2D eigenvalue weighted by Crippen LogP contribution is -2.36. The fourth-order valence-electron chi connectivity index (χ4n) is 2.30. The zero-order valence-electron chi connectivity index (χ0n) is 14.2. The van der Waals surface area contributed by atoms with Gasteiger partial charge in [0.15, 0.2) is 5.11 Å². The second-order valence-electron chi connectivity index (χ2n) is 5.26. The predicted molar refractivity (Wildman–Crippen MR) is 103 cm³/mol. The SMILES string of the molecule is CCOc1ccccc1NC(=S)N(CCOC)Cc1ccccc1. The van der Waals surface area contributed by atoms with E-state index < -0.39 is 0 Å². The Balaban J connectivity index is 2.09. The van der Waals surface area contributed by atoms with Gasteiger partial charge < -0.3 is 19.7 Å². The van der Waals surface area contributed by atoms with E-state index in [4.69, 9.17) is 21.7 Å². The molecule has 0 unspecified atom stereocenters. The lowest BCUT2D eigenvalue weighted by molar-refractivity contribution is 0.175. The van der Waals surface area contributed by atoms with Crippen molar-refractivity contribution >= 4 is 23.0 Å². The van der Waals surface area contributed by atoms with Crippen LogP contribution in [0.4, 0.5) is 5.69 Å². The van der Waals surface area contributed by atoms with Gasteiger partial charge in [-0.05, 0) is 36.8 Å². The Bertz CT molecular complexity index is 634. The van der Waals surface area contributed by atoms with Crippen molar-refractivity contribution in [3.63, 3.8) is 0 Å². The molecule has 0 aliphatic rings. The third-order valence-electron chi connectivity index (χ3n) is 3.50. The highest BCUT2D eigenvalue weighted by Crippen LogP contribution is 2.24. The molecule has 0 aliphatic heterocycles. The van der Waals surface area contributed by atoms with Crippen molar-refractivity contribution in [2.45, 2.75) is 13.5 Å². The molecule has 0 heterocycles. The van der Waals surface area contributed by atoms with E-state index >= 15 is 0 Å². The van der Waals surface area contributed by atoms with Crippen molar-refractivity contribution in [1.29, 1.82) is 0 Å². The van der Waals surface area contributed by atoms with Crippen LogP contribution in [0.1, 0.15) is 12.5 Å². The number of para-hydroxylation sites is 2. The molecule has 0 spiro atoms. The Hall–Kier alpha value is -2.11. The molecule has 0 saturated heterocycles. The topological polar surface area (TPSA) is 33.7 Å². The van der Waals surface area contributed by atoms with Crippen LogP contribution in [0, 0.1) is 0 Å². The van der Waals surface area contributed by atoms with E-state index in [-0.39, 0.29) is 0 Å². The molecule has 1 N–H and O–H groups in total. The number of hydrogen-bond donors (Lipinski definition) is 1. The largest absolute Gasteiger partial charge is 0.492 e. The van der Waals surface area contributed by atoms with E-state index in [9.17, 15) is 0 Å². The zero-order chi connectivity index (χ0) is 17.2. The Labute approximate surface area is 149 Å². The normalized spacial score (nSPS) is 10.2. The van der Waals surface area contributed by atoms with Crippen molar-refractivity contribution in [2.75, 3.05) is 32.2 Å². The first-order chi connectivity index (χ1) is 11.7. The van der Waals surface area contributed by atoms with Gasteiger partial charge in [0.2, 0.25) is 0 Å². The van der Waals surface area contributed by atoms with E-state index in [1.165, 1.54) is 5.56 Å². The lowest BCUT2D eigenvalue weighted by atomic mass is 10.2. The van der Waals surface area contributed by atoms with Crippen LogP contribution in [0.2, 0.25) is 0 Å². The standard InChI is InChI=1S/C19H24N2O2S/c1-3-23-18-12-8-7-11-17(18)20-19(24)21(13-14-22-2)15-16-9-5-4-6-10-16/h4-12H,3,13-15H2,1-2H3,(H,20,24). The van der Waals surface area contributed by atoms with E-state index in [2.05, 4.69) is 22.3 Å². The van der Waals surface area contributed by atoms with E-state index in [1.807, 2.05) is 49.4 Å². The van der Waals surface area contributed by atoms with Crippen LogP contribution in [-0.2, 0) is 11.3 Å². The Morgan fingerprint density at radius 3 is 2.50 bits per heavy atom. The summed E-state index contributed by atoms with van der Waals surface area (Å²) in [6.45, 7) is 4.64. The van der Waals surface area contributed by atoms with Crippen molar-refractivity contribution < 1.29 is 9.47 Å². The number of thiocarbonyl (C=S) groups is 1. The summed E-state index contributed by atoms with van der Waals surface area (Å²) in [5.41, 5.74) is 2.08. The molecule has 24 heavy (non-hydrogen) atoms. The summed E-state index contributed by atoms with van der Waals surface area (Å²) in [6.07, 6.45) is 0. The summed E-state index contributed by atoms with van der Waals surface area (Å²) in [5, 5.41) is 3.96. The van der Waals surface area contributed by atoms with E-state index in [0.717, 1.165) is 18.0 Å². The first-order valence-corrected chi connectivity index (χ1v) is 8.46. The highest BCUT2D eigenvalue weighted by Gasteiger charge is 2.12. The molecule has 0 aliphatic carbocycles. The second kappa shape index (κ2) is 9.90. The molecule has 0 fully saturated rings. The van der Waals surface area contributed by atoms with Crippen LogP contribution < -0.4 is 10.1 Å². The van der Waals surface area contributed by atoms with Gasteiger partial charge in [0.25, 0.3) is 0 Å². The number of ether oxygens (including phenoxy) is 2. The van der Waals surface area contributed by atoms with Crippen LogP contribution in [-0.4, -0.2) is 36.9 Å². The first kappa shape index (κ1) is 18.2. The summed E-state index contributed by atoms with van der Waals surface area (Å²) < 4.78 is 10.9. The lowest BCUT2D eigenvalue weighted by Gasteiger charge is -2.26. The minimum atomic E-state index is 0.613. The van der Waals surface area contributed by atoms with E-state index in [1.54, 1.807) is 7.11 Å². The third kappa shape index (κ3) is 5.51. The molecule has 0 radical (unpaired) electrons. The van der Waals surface area contributed by atoms with Gasteiger partial charge in [0, 0.05) is 20.2 Å². The highest BCUT2D eigenvalue weighted by molar-refractivity contribution is 7.80. The molecule has 0 bridgehead atoms. The van der Waals surface area contributed by atoms with Crippen LogP contribution in [0.25, 0.3) is 0 Å². The van der Waals surface area contributed by atoms with Gasteiger partial charge in [-0.1, -0.05) is 42.5 Å². The average Bonchev–Trinajstić information content (AvgIpc) is 2.61. The number of anilines is 1. The molecule has 5 heteroatoms. The number of nitrogens with one attached hydrogen (secondary N) is 1. The molecule has 2 aromatic carbocycles. The molecule has 4 nitrogen and oxygen atoms in total. The molecule has 0 aromatic heterocycles. The molecule has 0 atom stereocenters. The third-order valence-corrected chi connectivity index (χ3v) is 3.86. The van der Waals surface area contributed by atoms with Crippen LogP contribution in [0.3, 0.4) is 0 Å². The fourth-order valence-corrected chi connectivity index (χ4v) is 2.57. The minimum Gasteiger partial charge on any atom is -0.492 e. The number of hydrogen-bond acceptors (Lipinski definition) is 3. The van der Waals surface area contributed by atoms with Gasteiger partial charge in [-0.3, -0.25) is 0 Å². The van der Waals surface area contributed by atoms with Gasteiger partial charge in [-0.15, -0.1) is 0 Å². The van der Waals surface area contributed by atoms with Crippen molar-refractivity contribution in [3.05, 3.63) is 60.2 Å². The van der Waals surface area contributed by atoms with Gasteiger partial charge >= 0.3 is 0 Å². The van der Waals surface area contributed by atoms with Crippen LogP contribution in [0.5, 0.6) is 5.75 Å². The molecule has 0 saturated carbocycles. The Morgan fingerprint density at radius 1 is 1.08 bits per heavy atom. The van der Waals surface area contributed by atoms with Crippen LogP contribution >= 0.6 is 12.2 Å². The van der Waals surface area contributed by atoms with E-state index in [0.29, 0.717) is 24.9 Å². The maximum absolute atomic E-state index is 5.65. The average molecular weight is 344 g/mol. The summed E-state index contributed by atoms with van der Waals surface area (Å²) in [4.78, 5) is 2.09. The summed E-state index contributed by atoms with van der Waals surface area (Å²) in [5.74, 6) is 0.800. The number of benzene rings is 2. The maximum atomic E-state index is 5.65.